The smallest absolute Gasteiger partial charge is 0.309 e. The highest BCUT2D eigenvalue weighted by atomic mass is 16.5. The minimum absolute atomic E-state index is 0.00821. The van der Waals surface area contributed by atoms with Crippen LogP contribution in [-0.4, -0.2) is 28.8 Å². The summed E-state index contributed by atoms with van der Waals surface area (Å²) in [5.74, 6) is 0.333. The van der Waals surface area contributed by atoms with Gasteiger partial charge in [-0.1, -0.05) is 37.3 Å². The van der Waals surface area contributed by atoms with Crippen LogP contribution < -0.4 is 5.32 Å². The first-order valence-electron chi connectivity index (χ1n) is 8.45. The van der Waals surface area contributed by atoms with Crippen LogP contribution in [0, 0.1) is 0 Å². The Morgan fingerprint density at radius 1 is 1.25 bits per heavy atom. The van der Waals surface area contributed by atoms with Crippen molar-refractivity contribution in [3.8, 4) is 0 Å². The van der Waals surface area contributed by atoms with Gasteiger partial charge in [0.1, 0.15) is 0 Å². The van der Waals surface area contributed by atoms with Crippen molar-refractivity contribution in [2.45, 2.75) is 50.2 Å². The monoisotopic (exact) mass is 327 g/mol. The molecule has 1 aliphatic heterocycles. The molecule has 126 valence electrons. The number of carbonyl (C=O) groups excluding carboxylic acids is 1. The molecule has 2 fully saturated rings. The summed E-state index contributed by atoms with van der Waals surface area (Å²) in [6.45, 7) is 2.70. The fourth-order valence-corrected chi connectivity index (χ4v) is 3.04. The number of aromatic nitrogens is 2. The van der Waals surface area contributed by atoms with E-state index < -0.39 is 0 Å². The first kappa shape index (κ1) is 15.3. The van der Waals surface area contributed by atoms with Gasteiger partial charge in [-0.05, 0) is 31.2 Å². The molecule has 2 aromatic rings. The number of amides is 1. The third kappa shape index (κ3) is 3.06. The van der Waals surface area contributed by atoms with E-state index >= 15 is 0 Å². The first-order chi connectivity index (χ1) is 11.6. The molecule has 0 spiro atoms. The number of benzene rings is 1. The Kier molecular flexibility index (Phi) is 3.84. The Labute approximate surface area is 140 Å². The lowest BCUT2D eigenvalue weighted by Crippen LogP contribution is -2.40. The second kappa shape index (κ2) is 6.02. The van der Waals surface area contributed by atoms with Crippen molar-refractivity contribution in [1.82, 2.24) is 15.5 Å². The average Bonchev–Trinajstić information content (AvgIpc) is 3.16. The molecule has 24 heavy (non-hydrogen) atoms. The van der Waals surface area contributed by atoms with Gasteiger partial charge in [-0.3, -0.25) is 4.79 Å². The van der Waals surface area contributed by atoms with Crippen LogP contribution in [0.4, 0.5) is 0 Å². The standard InChI is InChI=1S/C18H21N3O3/c1-18(8-9-18)17-21-20-16(24-17)15(22)19-13-7-10-23-14(11-13)12-5-3-2-4-6-12/h2-6,13-14H,7-11H2,1H3,(H,19,22)/t13-,14+/m1/s1. The van der Waals surface area contributed by atoms with E-state index in [0.717, 1.165) is 31.2 Å². The number of carbonyl (C=O) groups is 1. The maximum absolute atomic E-state index is 12.4. The summed E-state index contributed by atoms with van der Waals surface area (Å²) in [5, 5.41) is 10.9. The lowest BCUT2D eigenvalue weighted by molar-refractivity contribution is 0.000650. The highest BCUT2D eigenvalue weighted by molar-refractivity contribution is 5.89. The van der Waals surface area contributed by atoms with Crippen molar-refractivity contribution in [3.05, 3.63) is 47.7 Å². The summed E-state index contributed by atoms with van der Waals surface area (Å²) in [5.41, 5.74) is 1.11. The van der Waals surface area contributed by atoms with Crippen LogP contribution in [0.3, 0.4) is 0 Å². The summed E-state index contributed by atoms with van der Waals surface area (Å²) in [6.07, 6.45) is 3.61. The van der Waals surface area contributed by atoms with Gasteiger partial charge in [-0.25, -0.2) is 0 Å². The Morgan fingerprint density at radius 2 is 2.04 bits per heavy atom. The predicted molar refractivity (Wildman–Crippen MR) is 86.5 cm³/mol. The van der Waals surface area contributed by atoms with Crippen molar-refractivity contribution in [2.75, 3.05) is 6.61 Å². The molecular weight excluding hydrogens is 306 g/mol. The minimum atomic E-state index is -0.295. The third-order valence-corrected chi connectivity index (χ3v) is 4.93. The van der Waals surface area contributed by atoms with Gasteiger partial charge in [0.05, 0.1) is 6.10 Å². The van der Waals surface area contributed by atoms with Crippen LogP contribution in [0.1, 0.15) is 60.9 Å². The summed E-state index contributed by atoms with van der Waals surface area (Å²) >= 11 is 0. The molecule has 2 atom stereocenters. The van der Waals surface area contributed by atoms with Gasteiger partial charge in [-0.2, -0.15) is 0 Å². The normalized spacial score (nSPS) is 25.2. The van der Waals surface area contributed by atoms with Crippen LogP contribution in [0.5, 0.6) is 0 Å². The maximum Gasteiger partial charge on any atom is 0.309 e. The van der Waals surface area contributed by atoms with Gasteiger partial charge in [0.15, 0.2) is 0 Å². The largest absolute Gasteiger partial charge is 0.416 e. The molecule has 1 saturated carbocycles. The van der Waals surface area contributed by atoms with Gasteiger partial charge in [0, 0.05) is 18.1 Å². The lowest BCUT2D eigenvalue weighted by atomic mass is 9.97. The molecule has 0 unspecified atom stereocenters. The van der Waals surface area contributed by atoms with E-state index in [4.69, 9.17) is 9.15 Å². The number of hydrogen-bond acceptors (Lipinski definition) is 5. The fourth-order valence-electron chi connectivity index (χ4n) is 3.04. The lowest BCUT2D eigenvalue weighted by Gasteiger charge is -2.30. The fraction of sp³-hybridized carbons (Fsp3) is 0.500. The van der Waals surface area contributed by atoms with Gasteiger partial charge < -0.3 is 14.5 Å². The van der Waals surface area contributed by atoms with E-state index in [0.29, 0.717) is 12.5 Å². The van der Waals surface area contributed by atoms with E-state index in [1.54, 1.807) is 0 Å². The summed E-state index contributed by atoms with van der Waals surface area (Å²) in [6, 6.07) is 10.1. The second-order valence-electron chi connectivity index (χ2n) is 6.94. The molecule has 1 amide bonds. The van der Waals surface area contributed by atoms with Gasteiger partial charge >= 0.3 is 11.8 Å². The molecular formula is C18H21N3O3. The molecule has 6 nitrogen and oxygen atoms in total. The number of nitrogens with one attached hydrogen (secondary N) is 1. The van der Waals surface area contributed by atoms with Gasteiger partial charge in [-0.15, -0.1) is 10.2 Å². The van der Waals surface area contributed by atoms with Crippen LogP contribution >= 0.6 is 0 Å². The molecule has 0 bridgehead atoms. The Bertz CT molecular complexity index is 724. The van der Waals surface area contributed by atoms with Crippen molar-refractivity contribution in [2.24, 2.45) is 0 Å². The zero-order valence-corrected chi connectivity index (χ0v) is 13.7. The number of nitrogens with zero attached hydrogens (tertiary/aromatic N) is 2. The van der Waals surface area contributed by atoms with Crippen molar-refractivity contribution in [3.63, 3.8) is 0 Å². The Balaban J connectivity index is 1.39. The van der Waals surface area contributed by atoms with Crippen molar-refractivity contribution in [1.29, 1.82) is 0 Å². The molecule has 0 radical (unpaired) electrons. The van der Waals surface area contributed by atoms with E-state index in [9.17, 15) is 4.79 Å². The molecule has 6 heteroatoms. The molecule has 4 rings (SSSR count). The second-order valence-corrected chi connectivity index (χ2v) is 6.94. The van der Waals surface area contributed by atoms with Crippen LogP contribution in [0.25, 0.3) is 0 Å². The number of hydrogen-bond donors (Lipinski definition) is 1. The maximum atomic E-state index is 12.4. The first-order valence-corrected chi connectivity index (χ1v) is 8.45. The molecule has 1 N–H and O–H groups in total. The van der Waals surface area contributed by atoms with Crippen LogP contribution in [0.2, 0.25) is 0 Å². The van der Waals surface area contributed by atoms with E-state index in [1.807, 2.05) is 18.2 Å². The molecule has 1 saturated heterocycles. The molecule has 1 aromatic heterocycles. The third-order valence-electron chi connectivity index (χ3n) is 4.93. The average molecular weight is 327 g/mol. The zero-order valence-electron chi connectivity index (χ0n) is 13.7. The van der Waals surface area contributed by atoms with E-state index in [1.165, 1.54) is 0 Å². The quantitative estimate of drug-likeness (QED) is 0.934. The Morgan fingerprint density at radius 3 is 2.79 bits per heavy atom. The highest BCUT2D eigenvalue weighted by Crippen LogP contribution is 2.46. The SMILES string of the molecule is CC1(c2nnc(C(=O)N[C@@H]3CCO[C@H](c4ccccc4)C3)o2)CC1. The van der Waals surface area contributed by atoms with Gasteiger partial charge in [0.2, 0.25) is 5.89 Å². The van der Waals surface area contributed by atoms with Crippen molar-refractivity contribution >= 4 is 5.91 Å². The number of ether oxygens (including phenoxy) is 1. The summed E-state index contributed by atoms with van der Waals surface area (Å²) in [7, 11) is 0. The van der Waals surface area contributed by atoms with Crippen LogP contribution in [0.15, 0.2) is 34.7 Å². The summed E-state index contributed by atoms with van der Waals surface area (Å²) in [4.78, 5) is 12.4. The molecule has 2 aliphatic rings. The van der Waals surface area contributed by atoms with Gasteiger partial charge in [0.25, 0.3) is 0 Å². The number of rotatable bonds is 4. The van der Waals surface area contributed by atoms with E-state index in [-0.39, 0.29) is 29.4 Å². The topological polar surface area (TPSA) is 77.2 Å². The predicted octanol–water partition coefficient (Wildman–Crippen LogP) is 2.77. The zero-order chi connectivity index (χ0) is 16.6. The minimum Gasteiger partial charge on any atom is -0.416 e. The van der Waals surface area contributed by atoms with Crippen molar-refractivity contribution < 1.29 is 13.9 Å². The molecule has 2 heterocycles. The van der Waals surface area contributed by atoms with E-state index in [2.05, 4.69) is 34.6 Å². The molecule has 1 aliphatic carbocycles. The Hall–Kier alpha value is -2.21. The van der Waals surface area contributed by atoms with Crippen LogP contribution in [-0.2, 0) is 10.2 Å². The highest BCUT2D eigenvalue weighted by Gasteiger charge is 2.44. The summed E-state index contributed by atoms with van der Waals surface area (Å²) < 4.78 is 11.4. The molecule has 1 aromatic carbocycles.